The molecule has 0 radical (unpaired) electrons. The smallest absolute Gasteiger partial charge is 0.175 e. The monoisotopic (exact) mass is 339 g/mol. The zero-order valence-electron chi connectivity index (χ0n) is 11.3. The maximum absolute atomic E-state index is 8.60. The van der Waals surface area contributed by atoms with Crippen molar-refractivity contribution < 1.29 is 28.9 Å². The Kier molecular flexibility index (Phi) is 6.07. The van der Waals surface area contributed by atoms with Crippen molar-refractivity contribution >= 4 is 32.5 Å². The van der Waals surface area contributed by atoms with Crippen molar-refractivity contribution in [3.05, 3.63) is 22.4 Å². The molecule has 2 aliphatic rings. The maximum atomic E-state index is 8.60. The summed E-state index contributed by atoms with van der Waals surface area (Å²) in [6.45, 7) is 4.05. The lowest BCUT2D eigenvalue weighted by Crippen LogP contribution is -2.58. The molecule has 0 aromatic carbocycles. The second-order valence-corrected chi connectivity index (χ2v) is 6.93. The molecule has 2 heterocycles. The van der Waals surface area contributed by atoms with Gasteiger partial charge in [0.25, 0.3) is 0 Å². The van der Waals surface area contributed by atoms with Gasteiger partial charge < -0.3 is 4.90 Å². The number of halogens is 1. The molecular weight excluding hydrogens is 326 g/mol. The van der Waals surface area contributed by atoms with Gasteiger partial charge in [0.15, 0.2) is 5.17 Å². The highest BCUT2D eigenvalue weighted by atomic mass is 35.7. The van der Waals surface area contributed by atoms with E-state index in [0.717, 1.165) is 21.6 Å². The van der Waals surface area contributed by atoms with Gasteiger partial charge in [-0.25, -0.2) is 4.99 Å². The van der Waals surface area contributed by atoms with E-state index in [-0.39, 0.29) is 0 Å². The first-order chi connectivity index (χ1) is 9.08. The second kappa shape index (κ2) is 6.94. The highest BCUT2D eigenvalue weighted by molar-refractivity contribution is 8.84. The molecule has 0 amide bonds. The Morgan fingerprint density at radius 2 is 1.70 bits per heavy atom. The third-order valence-corrected chi connectivity index (χ3v) is 4.42. The van der Waals surface area contributed by atoms with Crippen LogP contribution in [0.25, 0.3) is 0 Å². The van der Waals surface area contributed by atoms with E-state index in [1.807, 2.05) is 32.8 Å². The number of rotatable bonds is 0. The second-order valence-electron chi connectivity index (χ2n) is 4.05. The fourth-order valence-electron chi connectivity index (χ4n) is 1.37. The van der Waals surface area contributed by atoms with Crippen molar-refractivity contribution in [2.45, 2.75) is 13.8 Å². The van der Waals surface area contributed by atoms with E-state index in [0.29, 0.717) is 0 Å². The largest absolute Gasteiger partial charge is 0.357 e. The molecule has 0 atom stereocenters. The van der Waals surface area contributed by atoms with Crippen LogP contribution < -0.4 is 14.0 Å². The Morgan fingerprint density at radius 1 is 1.15 bits per heavy atom. The Morgan fingerprint density at radius 3 is 2.05 bits per heavy atom. The summed E-state index contributed by atoms with van der Waals surface area (Å²) < 4.78 is 32.7. The molecule has 2 rings (SSSR count). The van der Waals surface area contributed by atoms with Crippen molar-refractivity contribution in [2.75, 3.05) is 14.1 Å². The summed E-state index contributed by atoms with van der Waals surface area (Å²) in [6, 6.07) is 0. The standard InChI is InChI=1S/C10H13N3S2.ClHO4/c1-6-5-8(7(2)11-6)9-12-10(13(3)4)15-14-9;2-1(3,4)5/h5H,1-4H3;(H,2,3,4,5)/b9-8-;. The van der Waals surface area contributed by atoms with Gasteiger partial charge in [-0.2, -0.15) is 14.0 Å². The lowest BCUT2D eigenvalue weighted by Gasteiger charge is -2.07. The predicted molar refractivity (Wildman–Crippen MR) is 72.4 cm³/mol. The summed E-state index contributed by atoms with van der Waals surface area (Å²) in [5.74, 6) is 0. The molecule has 0 aromatic rings. The molecule has 10 heteroatoms. The molecular formula is C10H14ClN3O4S2. The van der Waals surface area contributed by atoms with Gasteiger partial charge in [0.2, 0.25) is 0 Å². The third-order valence-electron chi connectivity index (χ3n) is 2.09. The van der Waals surface area contributed by atoms with E-state index >= 15 is 0 Å². The van der Waals surface area contributed by atoms with Crippen molar-refractivity contribution in [3.63, 3.8) is 0 Å². The fraction of sp³-hybridized carbons (Fsp3) is 0.400. The van der Waals surface area contributed by atoms with Crippen LogP contribution in [0, 0.1) is 10.2 Å². The molecule has 0 aromatic heterocycles. The van der Waals surface area contributed by atoms with Crippen LogP contribution in [0.5, 0.6) is 0 Å². The zero-order valence-corrected chi connectivity index (χ0v) is 13.7. The molecule has 2 aliphatic heterocycles. The van der Waals surface area contributed by atoms with E-state index < -0.39 is 10.2 Å². The van der Waals surface area contributed by atoms with Gasteiger partial charge in [-0.3, -0.25) is 4.99 Å². The van der Waals surface area contributed by atoms with E-state index in [4.69, 9.17) is 18.6 Å². The Balaban J connectivity index is 0.000000347. The first-order valence-corrected chi connectivity index (χ1v) is 8.71. The Labute approximate surface area is 126 Å². The fourth-order valence-corrected chi connectivity index (χ4v) is 3.68. The van der Waals surface area contributed by atoms with Crippen molar-refractivity contribution in [2.24, 2.45) is 9.98 Å². The molecule has 0 spiro atoms. The summed E-state index contributed by atoms with van der Waals surface area (Å²) >= 11 is 0. The van der Waals surface area contributed by atoms with Crippen LogP contribution in [0.3, 0.4) is 0 Å². The van der Waals surface area contributed by atoms with Crippen molar-refractivity contribution in [1.82, 2.24) is 4.90 Å². The minimum atomic E-state index is -4.69. The van der Waals surface area contributed by atoms with Crippen LogP contribution in [0.4, 0.5) is 0 Å². The van der Waals surface area contributed by atoms with Gasteiger partial charge in [-0.1, -0.05) is 0 Å². The highest BCUT2D eigenvalue weighted by Gasteiger charge is 2.21. The van der Waals surface area contributed by atoms with Crippen LogP contribution in [0.1, 0.15) is 13.8 Å². The van der Waals surface area contributed by atoms with E-state index in [1.165, 1.54) is 5.57 Å². The molecule has 0 saturated carbocycles. The lowest BCUT2D eigenvalue weighted by molar-refractivity contribution is -1.92. The molecule has 1 N–H and O–H groups in total. The maximum Gasteiger partial charge on any atom is 0.175 e. The van der Waals surface area contributed by atoms with Crippen molar-refractivity contribution in [1.29, 1.82) is 0 Å². The topological polar surface area (TPSA) is 117 Å². The number of hydrogen-bond acceptors (Lipinski definition) is 9. The quantitative estimate of drug-likeness (QED) is 0.549. The van der Waals surface area contributed by atoms with E-state index in [1.54, 1.807) is 21.6 Å². The molecule has 7 nitrogen and oxygen atoms in total. The minimum absolute atomic E-state index is 1.05. The van der Waals surface area contributed by atoms with Crippen LogP contribution >= 0.6 is 21.6 Å². The molecule has 20 heavy (non-hydrogen) atoms. The number of amidine groups is 1. The average molecular weight is 340 g/mol. The summed E-state index contributed by atoms with van der Waals surface area (Å²) in [6.07, 6.45) is 2.10. The number of aliphatic imine (C=N–C) groups is 2. The summed E-state index contributed by atoms with van der Waals surface area (Å²) in [5.41, 5.74) is 3.30. The van der Waals surface area contributed by atoms with Gasteiger partial charge in [-0.15, -0.1) is 0 Å². The molecule has 0 aliphatic carbocycles. The first kappa shape index (κ1) is 17.5. The van der Waals surface area contributed by atoms with Crippen LogP contribution in [0.15, 0.2) is 32.4 Å². The molecule has 112 valence electrons. The Bertz CT molecular complexity index is 503. The predicted octanol–water partition coefficient (Wildman–Crippen LogP) is -1.24. The van der Waals surface area contributed by atoms with Gasteiger partial charge in [0.1, 0.15) is 5.03 Å². The van der Waals surface area contributed by atoms with Gasteiger partial charge in [0, 0.05) is 31.1 Å². The molecule has 0 bridgehead atoms. The molecule has 0 saturated heterocycles. The van der Waals surface area contributed by atoms with Crippen molar-refractivity contribution in [3.8, 4) is 0 Å². The van der Waals surface area contributed by atoms with Gasteiger partial charge >= 0.3 is 0 Å². The number of nitrogens with zero attached hydrogens (tertiary/aromatic N) is 3. The average Bonchev–Trinajstić information content (AvgIpc) is 2.82. The van der Waals surface area contributed by atoms with E-state index in [2.05, 4.69) is 16.1 Å². The minimum Gasteiger partial charge on any atom is -0.357 e. The summed E-state index contributed by atoms with van der Waals surface area (Å²) in [7, 11) is 2.73. The molecule has 0 fully saturated rings. The summed E-state index contributed by atoms with van der Waals surface area (Å²) in [4.78, 5) is 11.0. The SMILES string of the molecule is CC1=C/C(=C2\N=C(N(C)C)SS2)C(C)=N1.[O-][Cl+3]([O-])([O-])O. The van der Waals surface area contributed by atoms with Gasteiger partial charge in [-0.05, 0) is 41.5 Å². The van der Waals surface area contributed by atoms with Gasteiger partial charge in [0.05, 0.1) is 14.9 Å². The first-order valence-electron chi connectivity index (χ1n) is 5.30. The van der Waals surface area contributed by atoms with Crippen LogP contribution in [-0.2, 0) is 0 Å². The van der Waals surface area contributed by atoms with Crippen LogP contribution in [0.2, 0.25) is 0 Å². The Hall–Kier alpha value is -0.550. The third kappa shape index (κ3) is 5.83. The van der Waals surface area contributed by atoms with E-state index in [9.17, 15) is 0 Å². The number of hydrogen-bond donors (Lipinski definition) is 1. The molecule has 0 unspecified atom stereocenters. The van der Waals surface area contributed by atoms with Crippen LogP contribution in [-0.4, -0.2) is 34.5 Å². The lowest BCUT2D eigenvalue weighted by atomic mass is 10.2. The highest BCUT2D eigenvalue weighted by Crippen LogP contribution is 2.42. The zero-order chi connectivity index (χ0) is 15.5. The summed E-state index contributed by atoms with van der Waals surface area (Å²) in [5, 5.41) is 2.12. The number of allylic oxidation sites excluding steroid dienone is 3. The normalized spacial score (nSPS) is 21.9.